The van der Waals surface area contributed by atoms with Gasteiger partial charge in [-0.15, -0.1) is 0 Å². The smallest absolute Gasteiger partial charge is 0.329 e. The minimum atomic E-state index is -0.948. The van der Waals surface area contributed by atoms with Crippen molar-refractivity contribution in [2.75, 3.05) is 33.8 Å². The Labute approximate surface area is 162 Å². The van der Waals surface area contributed by atoms with Crippen molar-refractivity contribution in [3.8, 4) is 23.0 Å². The zero-order chi connectivity index (χ0) is 20.5. The number of para-hydroxylation sites is 1. The topological polar surface area (TPSA) is 107 Å². The molecule has 2 aromatic carbocycles. The molecular weight excluding hydrogens is 366 g/mol. The van der Waals surface area contributed by atoms with Crippen molar-refractivity contribution in [3.63, 3.8) is 0 Å². The Morgan fingerprint density at radius 3 is 2.29 bits per heavy atom. The highest BCUT2D eigenvalue weighted by Gasteiger charge is 2.16. The SMILES string of the molecule is COc1ccc(NC(=O)C(=O)N/N=C\c2cccc(OC)c2OC)c(OC)c1. The highest BCUT2D eigenvalue weighted by atomic mass is 16.5. The molecule has 9 heteroatoms. The first kappa shape index (κ1) is 20.6. The van der Waals surface area contributed by atoms with Gasteiger partial charge in [0.25, 0.3) is 0 Å². The Morgan fingerprint density at radius 2 is 1.64 bits per heavy atom. The van der Waals surface area contributed by atoms with Crippen LogP contribution >= 0.6 is 0 Å². The molecule has 9 nitrogen and oxygen atoms in total. The summed E-state index contributed by atoms with van der Waals surface area (Å²) in [6, 6.07) is 9.97. The molecule has 28 heavy (non-hydrogen) atoms. The van der Waals surface area contributed by atoms with Crippen molar-refractivity contribution in [1.29, 1.82) is 0 Å². The number of anilines is 1. The Hall–Kier alpha value is -3.75. The number of carbonyl (C=O) groups is 2. The number of nitrogens with one attached hydrogen (secondary N) is 2. The van der Waals surface area contributed by atoms with Crippen LogP contribution in [0.25, 0.3) is 0 Å². The fourth-order valence-electron chi connectivity index (χ4n) is 2.31. The van der Waals surface area contributed by atoms with Gasteiger partial charge >= 0.3 is 11.8 Å². The van der Waals surface area contributed by atoms with Crippen molar-refractivity contribution in [2.45, 2.75) is 0 Å². The number of benzene rings is 2. The third-order valence-corrected chi connectivity index (χ3v) is 3.67. The molecule has 0 aliphatic heterocycles. The van der Waals surface area contributed by atoms with Gasteiger partial charge in [0.1, 0.15) is 11.5 Å². The summed E-state index contributed by atoms with van der Waals surface area (Å²) in [7, 11) is 5.95. The van der Waals surface area contributed by atoms with Gasteiger partial charge in [-0.25, -0.2) is 5.43 Å². The number of amides is 2. The van der Waals surface area contributed by atoms with Crippen LogP contribution in [0, 0.1) is 0 Å². The third kappa shape index (κ3) is 4.91. The molecule has 148 valence electrons. The lowest BCUT2D eigenvalue weighted by Crippen LogP contribution is -2.32. The molecule has 2 rings (SSSR count). The minimum absolute atomic E-state index is 0.321. The van der Waals surface area contributed by atoms with Gasteiger partial charge in [0, 0.05) is 11.6 Å². The van der Waals surface area contributed by atoms with Crippen LogP contribution in [0.5, 0.6) is 23.0 Å². The normalized spacial score (nSPS) is 10.3. The second kappa shape index (κ2) is 9.81. The Bertz CT molecular complexity index is 882. The summed E-state index contributed by atoms with van der Waals surface area (Å²) in [4.78, 5) is 24.1. The maximum Gasteiger partial charge on any atom is 0.329 e. The van der Waals surface area contributed by atoms with Crippen LogP contribution in [0.2, 0.25) is 0 Å². The third-order valence-electron chi connectivity index (χ3n) is 3.67. The Morgan fingerprint density at radius 1 is 0.893 bits per heavy atom. The van der Waals surface area contributed by atoms with E-state index in [1.807, 2.05) is 0 Å². The van der Waals surface area contributed by atoms with E-state index in [4.69, 9.17) is 18.9 Å². The number of rotatable bonds is 7. The lowest BCUT2D eigenvalue weighted by Gasteiger charge is -2.11. The van der Waals surface area contributed by atoms with E-state index in [0.29, 0.717) is 34.2 Å². The Balaban J connectivity index is 2.04. The summed E-state index contributed by atoms with van der Waals surface area (Å²) >= 11 is 0. The van der Waals surface area contributed by atoms with Gasteiger partial charge in [-0.2, -0.15) is 5.10 Å². The molecule has 0 bridgehead atoms. The highest BCUT2D eigenvalue weighted by molar-refractivity contribution is 6.39. The standard InChI is InChI=1S/C19H21N3O6/c1-25-13-8-9-14(16(10-13)27-3)21-18(23)19(24)22-20-11-12-6-5-7-15(26-2)17(12)28-4/h5-11H,1-4H3,(H,21,23)(H,22,24)/b20-11-. The van der Waals surface area contributed by atoms with E-state index in [0.717, 1.165) is 0 Å². The van der Waals surface area contributed by atoms with Crippen LogP contribution < -0.4 is 29.7 Å². The van der Waals surface area contributed by atoms with Crippen molar-refractivity contribution < 1.29 is 28.5 Å². The fraction of sp³-hybridized carbons (Fsp3) is 0.211. The molecule has 0 spiro atoms. The number of ether oxygens (including phenoxy) is 4. The van der Waals surface area contributed by atoms with Crippen LogP contribution in [-0.4, -0.2) is 46.5 Å². The number of hydrazone groups is 1. The predicted molar refractivity (Wildman–Crippen MR) is 103 cm³/mol. The van der Waals surface area contributed by atoms with Crippen LogP contribution in [0.3, 0.4) is 0 Å². The summed E-state index contributed by atoms with van der Waals surface area (Å²) in [5.41, 5.74) is 3.05. The van der Waals surface area contributed by atoms with Crippen molar-refractivity contribution in [1.82, 2.24) is 5.43 Å². The molecule has 0 aromatic heterocycles. The zero-order valence-corrected chi connectivity index (χ0v) is 15.9. The van der Waals surface area contributed by atoms with Gasteiger partial charge in [0.2, 0.25) is 0 Å². The van der Waals surface area contributed by atoms with E-state index in [1.165, 1.54) is 34.7 Å². The predicted octanol–water partition coefficient (Wildman–Crippen LogP) is 1.81. The molecular formula is C19H21N3O6. The summed E-state index contributed by atoms with van der Waals surface area (Å²) < 4.78 is 20.7. The fourth-order valence-corrected chi connectivity index (χ4v) is 2.31. The van der Waals surface area contributed by atoms with Crippen molar-refractivity contribution >= 4 is 23.7 Å². The Kier molecular flexibility index (Phi) is 7.21. The van der Waals surface area contributed by atoms with E-state index < -0.39 is 11.8 Å². The molecule has 0 aliphatic carbocycles. The molecule has 2 aromatic rings. The number of carbonyl (C=O) groups excluding carboxylic acids is 2. The number of hydrogen-bond donors (Lipinski definition) is 2. The van der Waals surface area contributed by atoms with E-state index >= 15 is 0 Å². The molecule has 2 N–H and O–H groups in total. The molecule has 0 atom stereocenters. The second-order valence-corrected chi connectivity index (χ2v) is 5.30. The average Bonchev–Trinajstić information content (AvgIpc) is 2.73. The summed E-state index contributed by atoms with van der Waals surface area (Å²) in [6.45, 7) is 0. The van der Waals surface area contributed by atoms with E-state index in [9.17, 15) is 9.59 Å². The second-order valence-electron chi connectivity index (χ2n) is 5.30. The van der Waals surface area contributed by atoms with Crippen LogP contribution in [0.1, 0.15) is 5.56 Å². The molecule has 0 unspecified atom stereocenters. The summed E-state index contributed by atoms with van der Waals surface area (Å²) in [5, 5.41) is 6.24. The molecule has 0 heterocycles. The molecule has 2 amide bonds. The lowest BCUT2D eigenvalue weighted by molar-refractivity contribution is -0.136. The highest BCUT2D eigenvalue weighted by Crippen LogP contribution is 2.30. The average molecular weight is 387 g/mol. The molecule has 0 saturated carbocycles. The van der Waals surface area contributed by atoms with Gasteiger partial charge in [-0.1, -0.05) is 6.07 Å². The van der Waals surface area contributed by atoms with Crippen molar-refractivity contribution in [3.05, 3.63) is 42.0 Å². The first-order valence-electron chi connectivity index (χ1n) is 8.11. The van der Waals surface area contributed by atoms with Gasteiger partial charge in [0.15, 0.2) is 11.5 Å². The first-order valence-corrected chi connectivity index (χ1v) is 8.11. The number of methoxy groups -OCH3 is 4. The molecule has 0 saturated heterocycles. The quantitative estimate of drug-likeness (QED) is 0.426. The van der Waals surface area contributed by atoms with Gasteiger partial charge in [0.05, 0.1) is 40.3 Å². The molecule has 0 radical (unpaired) electrons. The van der Waals surface area contributed by atoms with Gasteiger partial charge in [-0.3, -0.25) is 9.59 Å². The minimum Gasteiger partial charge on any atom is -0.497 e. The summed E-state index contributed by atoms with van der Waals surface area (Å²) in [5.74, 6) is 0.0213. The van der Waals surface area contributed by atoms with E-state index in [2.05, 4.69) is 15.8 Å². The summed E-state index contributed by atoms with van der Waals surface area (Å²) in [6.07, 6.45) is 1.35. The zero-order valence-electron chi connectivity index (χ0n) is 15.9. The van der Waals surface area contributed by atoms with Crippen LogP contribution in [0.15, 0.2) is 41.5 Å². The van der Waals surface area contributed by atoms with Crippen molar-refractivity contribution in [2.24, 2.45) is 5.10 Å². The lowest BCUT2D eigenvalue weighted by atomic mass is 10.2. The number of nitrogens with zero attached hydrogens (tertiary/aromatic N) is 1. The van der Waals surface area contributed by atoms with Crippen LogP contribution in [0.4, 0.5) is 5.69 Å². The monoisotopic (exact) mass is 387 g/mol. The molecule has 0 aliphatic rings. The first-order chi connectivity index (χ1) is 13.5. The molecule has 0 fully saturated rings. The van der Waals surface area contributed by atoms with E-state index in [1.54, 1.807) is 36.4 Å². The largest absolute Gasteiger partial charge is 0.497 e. The van der Waals surface area contributed by atoms with Gasteiger partial charge in [-0.05, 0) is 24.3 Å². The maximum atomic E-state index is 12.1. The van der Waals surface area contributed by atoms with Crippen LogP contribution in [-0.2, 0) is 9.59 Å². The number of hydrogen-bond acceptors (Lipinski definition) is 7. The van der Waals surface area contributed by atoms with E-state index in [-0.39, 0.29) is 0 Å². The maximum absolute atomic E-state index is 12.1. The van der Waals surface area contributed by atoms with Gasteiger partial charge < -0.3 is 24.3 Å².